The molecular formula is C22H25NO3. The summed E-state index contributed by atoms with van der Waals surface area (Å²) in [5.74, 6) is -0.382. The molecule has 136 valence electrons. The summed E-state index contributed by atoms with van der Waals surface area (Å²) >= 11 is 0. The zero-order valence-electron chi connectivity index (χ0n) is 15.5. The van der Waals surface area contributed by atoms with E-state index in [2.05, 4.69) is 0 Å². The number of nitrogens with zero attached hydrogens (tertiary/aromatic N) is 1. The minimum Gasteiger partial charge on any atom is -0.443 e. The normalized spacial score (nSPS) is 20.3. The molecule has 0 unspecified atom stereocenters. The van der Waals surface area contributed by atoms with Gasteiger partial charge in [0.2, 0.25) is 5.91 Å². The van der Waals surface area contributed by atoms with Crippen molar-refractivity contribution in [2.45, 2.75) is 45.3 Å². The highest BCUT2D eigenvalue weighted by atomic mass is 16.6. The lowest BCUT2D eigenvalue weighted by molar-refractivity contribution is -0.131. The lowest BCUT2D eigenvalue weighted by Gasteiger charge is -2.27. The van der Waals surface area contributed by atoms with Crippen LogP contribution in [-0.4, -0.2) is 22.5 Å². The molecule has 1 aliphatic rings. The van der Waals surface area contributed by atoms with Gasteiger partial charge in [-0.15, -0.1) is 0 Å². The molecule has 4 heteroatoms. The van der Waals surface area contributed by atoms with Gasteiger partial charge in [-0.2, -0.15) is 0 Å². The van der Waals surface area contributed by atoms with Crippen molar-refractivity contribution in [2.75, 3.05) is 0 Å². The minimum atomic E-state index is -0.643. The first kappa shape index (κ1) is 18.2. The molecule has 3 rings (SSSR count). The Morgan fingerprint density at radius 1 is 1.04 bits per heavy atom. The molecule has 0 bridgehead atoms. The van der Waals surface area contributed by atoms with E-state index >= 15 is 0 Å². The second-order valence-electron chi connectivity index (χ2n) is 7.74. The van der Waals surface area contributed by atoms with Crippen LogP contribution in [0.3, 0.4) is 0 Å². The van der Waals surface area contributed by atoms with Crippen molar-refractivity contribution in [2.24, 2.45) is 5.92 Å². The number of hydrogen-bond donors (Lipinski definition) is 0. The van der Waals surface area contributed by atoms with Gasteiger partial charge in [0.1, 0.15) is 5.60 Å². The van der Waals surface area contributed by atoms with Gasteiger partial charge in [-0.1, -0.05) is 60.7 Å². The van der Waals surface area contributed by atoms with Gasteiger partial charge < -0.3 is 4.74 Å². The number of benzene rings is 2. The molecule has 0 aliphatic carbocycles. The maximum Gasteiger partial charge on any atom is 0.417 e. The molecule has 2 aromatic rings. The predicted octanol–water partition coefficient (Wildman–Crippen LogP) is 4.75. The average molecular weight is 351 g/mol. The van der Waals surface area contributed by atoms with Gasteiger partial charge in [0.25, 0.3) is 0 Å². The van der Waals surface area contributed by atoms with E-state index in [-0.39, 0.29) is 17.9 Å². The second kappa shape index (κ2) is 7.32. The standard InChI is InChI=1S/C22H25NO3/c1-22(2,3)26-21(25)23-19(17-12-8-5-9-13-17)15-18(20(23)24)14-16-10-6-4-7-11-16/h4-13,18-19H,14-15H2,1-3H3/t18-,19-/m1/s1. The van der Waals surface area contributed by atoms with Crippen molar-refractivity contribution < 1.29 is 14.3 Å². The average Bonchev–Trinajstić information content (AvgIpc) is 2.92. The van der Waals surface area contributed by atoms with E-state index in [4.69, 9.17) is 4.74 Å². The largest absolute Gasteiger partial charge is 0.443 e. The molecule has 4 nitrogen and oxygen atoms in total. The molecule has 26 heavy (non-hydrogen) atoms. The first-order valence-electron chi connectivity index (χ1n) is 9.00. The van der Waals surface area contributed by atoms with Crippen molar-refractivity contribution in [3.8, 4) is 0 Å². The summed E-state index contributed by atoms with van der Waals surface area (Å²) in [4.78, 5) is 27.1. The van der Waals surface area contributed by atoms with E-state index < -0.39 is 11.7 Å². The molecule has 0 saturated carbocycles. The number of carbonyl (C=O) groups excluding carboxylic acids is 2. The number of carbonyl (C=O) groups is 2. The highest BCUT2D eigenvalue weighted by molar-refractivity contribution is 5.96. The highest BCUT2D eigenvalue weighted by Gasteiger charge is 2.45. The Morgan fingerprint density at radius 2 is 1.62 bits per heavy atom. The van der Waals surface area contributed by atoms with Crippen molar-refractivity contribution in [1.29, 1.82) is 0 Å². The summed E-state index contributed by atoms with van der Waals surface area (Å²) in [7, 11) is 0. The Hall–Kier alpha value is -2.62. The fraction of sp³-hybridized carbons (Fsp3) is 0.364. The Bertz CT molecular complexity index is 765. The van der Waals surface area contributed by atoms with E-state index in [1.807, 2.05) is 81.4 Å². The van der Waals surface area contributed by atoms with E-state index in [1.165, 1.54) is 4.90 Å². The Balaban J connectivity index is 1.87. The van der Waals surface area contributed by atoms with Crippen molar-refractivity contribution in [1.82, 2.24) is 4.90 Å². The molecular weight excluding hydrogens is 326 g/mol. The Morgan fingerprint density at radius 3 is 2.19 bits per heavy atom. The highest BCUT2D eigenvalue weighted by Crippen LogP contribution is 2.38. The number of hydrogen-bond acceptors (Lipinski definition) is 3. The van der Waals surface area contributed by atoms with Gasteiger partial charge >= 0.3 is 6.09 Å². The van der Waals surface area contributed by atoms with Crippen molar-refractivity contribution in [3.63, 3.8) is 0 Å². The smallest absolute Gasteiger partial charge is 0.417 e. The summed E-state index contributed by atoms with van der Waals surface area (Å²) in [5.41, 5.74) is 1.42. The van der Waals surface area contributed by atoms with Gasteiger partial charge in [-0.25, -0.2) is 9.69 Å². The molecule has 0 N–H and O–H groups in total. The summed E-state index contributed by atoms with van der Waals surface area (Å²) in [6.45, 7) is 5.43. The van der Waals surface area contributed by atoms with Gasteiger partial charge in [0.15, 0.2) is 0 Å². The van der Waals surface area contributed by atoms with E-state index in [1.54, 1.807) is 0 Å². The van der Waals surface area contributed by atoms with Crippen LogP contribution in [-0.2, 0) is 16.0 Å². The molecule has 1 aliphatic heterocycles. The van der Waals surface area contributed by atoms with Gasteiger partial charge in [-0.05, 0) is 44.7 Å². The first-order valence-corrected chi connectivity index (χ1v) is 9.00. The molecule has 0 radical (unpaired) electrons. The zero-order chi connectivity index (χ0) is 18.7. The first-order chi connectivity index (χ1) is 12.3. The van der Waals surface area contributed by atoms with E-state index in [0.29, 0.717) is 12.8 Å². The Labute approximate surface area is 154 Å². The maximum atomic E-state index is 13.0. The number of imide groups is 1. The molecule has 2 aromatic carbocycles. The predicted molar refractivity (Wildman–Crippen MR) is 101 cm³/mol. The van der Waals surface area contributed by atoms with Crippen LogP contribution in [0.15, 0.2) is 60.7 Å². The molecule has 2 amide bonds. The maximum absolute atomic E-state index is 13.0. The molecule has 2 atom stereocenters. The molecule has 1 saturated heterocycles. The van der Waals surface area contributed by atoms with Gasteiger partial charge in [0, 0.05) is 5.92 Å². The molecule has 1 fully saturated rings. The third-order valence-corrected chi connectivity index (χ3v) is 4.51. The lowest BCUT2D eigenvalue weighted by atomic mass is 9.94. The third kappa shape index (κ3) is 4.13. The van der Waals surface area contributed by atoms with Crippen molar-refractivity contribution in [3.05, 3.63) is 71.8 Å². The molecule has 1 heterocycles. The van der Waals surface area contributed by atoms with Crippen LogP contribution in [0.1, 0.15) is 44.4 Å². The summed E-state index contributed by atoms with van der Waals surface area (Å²) < 4.78 is 5.51. The molecule has 0 aromatic heterocycles. The van der Waals surface area contributed by atoms with E-state index in [0.717, 1.165) is 11.1 Å². The third-order valence-electron chi connectivity index (χ3n) is 4.51. The van der Waals surface area contributed by atoms with Gasteiger partial charge in [0.05, 0.1) is 6.04 Å². The van der Waals surface area contributed by atoms with Crippen LogP contribution in [0, 0.1) is 5.92 Å². The number of amides is 2. The van der Waals surface area contributed by atoms with Crippen molar-refractivity contribution >= 4 is 12.0 Å². The molecule has 0 spiro atoms. The fourth-order valence-corrected chi connectivity index (χ4v) is 3.38. The lowest BCUT2D eigenvalue weighted by Crippen LogP contribution is -2.40. The number of ether oxygens (including phenoxy) is 1. The van der Waals surface area contributed by atoms with Crippen LogP contribution >= 0.6 is 0 Å². The number of rotatable bonds is 3. The second-order valence-corrected chi connectivity index (χ2v) is 7.74. The van der Waals surface area contributed by atoms with Crippen LogP contribution in [0.4, 0.5) is 4.79 Å². The van der Waals surface area contributed by atoms with Crippen LogP contribution in [0.2, 0.25) is 0 Å². The minimum absolute atomic E-state index is 0.156. The van der Waals surface area contributed by atoms with Crippen LogP contribution < -0.4 is 0 Å². The zero-order valence-corrected chi connectivity index (χ0v) is 15.5. The van der Waals surface area contributed by atoms with Crippen LogP contribution in [0.5, 0.6) is 0 Å². The number of likely N-dealkylation sites (tertiary alicyclic amines) is 1. The monoisotopic (exact) mass is 351 g/mol. The summed E-state index contributed by atoms with van der Waals surface area (Å²) in [5, 5.41) is 0. The summed E-state index contributed by atoms with van der Waals surface area (Å²) in [6.07, 6.45) is 0.672. The topological polar surface area (TPSA) is 46.6 Å². The van der Waals surface area contributed by atoms with E-state index in [9.17, 15) is 9.59 Å². The fourth-order valence-electron chi connectivity index (χ4n) is 3.38. The van der Waals surface area contributed by atoms with Crippen LogP contribution in [0.25, 0.3) is 0 Å². The van der Waals surface area contributed by atoms with Gasteiger partial charge in [-0.3, -0.25) is 4.79 Å². The summed E-state index contributed by atoms with van der Waals surface area (Å²) in [6, 6.07) is 19.3. The quantitative estimate of drug-likeness (QED) is 0.801. The SMILES string of the molecule is CC(C)(C)OC(=O)N1C(=O)[C@H](Cc2ccccc2)C[C@@H]1c1ccccc1. The Kier molecular flexibility index (Phi) is 5.12.